The van der Waals surface area contributed by atoms with Crippen LogP contribution in [0.15, 0.2) is 12.3 Å². The van der Waals surface area contributed by atoms with Crippen LogP contribution in [0.1, 0.15) is 25.3 Å². The van der Waals surface area contributed by atoms with E-state index in [4.69, 9.17) is 4.74 Å². The molecule has 0 aliphatic rings. The van der Waals surface area contributed by atoms with Crippen LogP contribution in [0.4, 0.5) is 29.5 Å². The van der Waals surface area contributed by atoms with Crippen molar-refractivity contribution in [2.75, 3.05) is 22.9 Å². The van der Waals surface area contributed by atoms with E-state index in [9.17, 15) is 26.4 Å². The first-order valence-electron chi connectivity index (χ1n) is 6.51. The van der Waals surface area contributed by atoms with E-state index >= 15 is 0 Å². The summed E-state index contributed by atoms with van der Waals surface area (Å²) in [6.45, 7) is 1.95. The molecule has 0 unspecified atom stereocenters. The predicted octanol–water partition coefficient (Wildman–Crippen LogP) is 2.82. The summed E-state index contributed by atoms with van der Waals surface area (Å²) in [4.78, 5) is 14.9. The summed E-state index contributed by atoms with van der Waals surface area (Å²) in [5.74, 6) is -0.437. The summed E-state index contributed by atoms with van der Waals surface area (Å²) in [5, 5.41) is 2.05. The average Bonchev–Trinajstić information content (AvgIpc) is 2.38. The first-order valence-corrected chi connectivity index (χ1v) is 8.41. The van der Waals surface area contributed by atoms with Crippen LogP contribution < -0.4 is 10.0 Å². The van der Waals surface area contributed by atoms with Crippen molar-refractivity contribution in [3.8, 4) is 0 Å². The van der Waals surface area contributed by atoms with Crippen LogP contribution in [0.5, 0.6) is 0 Å². The van der Waals surface area contributed by atoms with E-state index in [1.54, 1.807) is 0 Å². The van der Waals surface area contributed by atoms with Gasteiger partial charge in [0.25, 0.3) is 0 Å². The van der Waals surface area contributed by atoms with Gasteiger partial charge in [-0.3, -0.25) is 10.0 Å². The van der Waals surface area contributed by atoms with Gasteiger partial charge in [-0.15, -0.1) is 0 Å². The summed E-state index contributed by atoms with van der Waals surface area (Å²) in [6, 6.07) is 0.571. The Morgan fingerprint density at radius 1 is 1.39 bits per heavy atom. The fourth-order valence-electron chi connectivity index (χ4n) is 1.43. The van der Waals surface area contributed by atoms with Gasteiger partial charge in [-0.1, -0.05) is 13.3 Å². The Morgan fingerprint density at radius 2 is 2.04 bits per heavy atom. The van der Waals surface area contributed by atoms with Crippen molar-refractivity contribution in [1.29, 1.82) is 0 Å². The predicted molar refractivity (Wildman–Crippen MR) is 77.6 cm³/mol. The van der Waals surface area contributed by atoms with Gasteiger partial charge in [-0.05, 0) is 12.5 Å². The molecule has 130 valence electrons. The second kappa shape index (κ2) is 7.49. The summed E-state index contributed by atoms with van der Waals surface area (Å²) < 4.78 is 67.2. The quantitative estimate of drug-likeness (QED) is 0.765. The van der Waals surface area contributed by atoms with E-state index in [-0.39, 0.29) is 6.61 Å². The minimum atomic E-state index is -4.70. The first-order chi connectivity index (χ1) is 10.5. The van der Waals surface area contributed by atoms with E-state index in [1.165, 1.54) is 0 Å². The molecule has 11 heteroatoms. The highest BCUT2D eigenvalue weighted by molar-refractivity contribution is 7.92. The highest BCUT2D eigenvalue weighted by atomic mass is 32.2. The van der Waals surface area contributed by atoms with Crippen LogP contribution in [0.2, 0.25) is 0 Å². The second-order valence-electron chi connectivity index (χ2n) is 4.61. The maximum absolute atomic E-state index is 12.7. The number of amides is 1. The van der Waals surface area contributed by atoms with Gasteiger partial charge in [-0.25, -0.2) is 18.2 Å². The molecule has 1 rings (SSSR count). The van der Waals surface area contributed by atoms with Gasteiger partial charge in [0.2, 0.25) is 10.0 Å². The van der Waals surface area contributed by atoms with Crippen molar-refractivity contribution in [3.63, 3.8) is 0 Å². The number of carbonyl (C=O) groups is 1. The molecular formula is C12H16F3N3O4S. The number of pyridine rings is 1. The highest BCUT2D eigenvalue weighted by Gasteiger charge is 2.32. The molecule has 0 aliphatic heterocycles. The van der Waals surface area contributed by atoms with Gasteiger partial charge in [0.1, 0.15) is 0 Å². The monoisotopic (exact) mass is 355 g/mol. The van der Waals surface area contributed by atoms with Crippen molar-refractivity contribution >= 4 is 27.6 Å². The number of sulfonamides is 1. The summed E-state index contributed by atoms with van der Waals surface area (Å²) >= 11 is 0. The third-order valence-electron chi connectivity index (χ3n) is 2.46. The molecule has 0 atom stereocenters. The Bertz CT molecular complexity index is 662. The van der Waals surface area contributed by atoms with E-state index in [0.717, 1.165) is 12.7 Å². The van der Waals surface area contributed by atoms with Gasteiger partial charge in [0.05, 0.1) is 24.1 Å². The van der Waals surface area contributed by atoms with E-state index in [0.29, 0.717) is 18.7 Å². The summed E-state index contributed by atoms with van der Waals surface area (Å²) in [6.07, 6.45) is -3.09. The minimum Gasteiger partial charge on any atom is -0.449 e. The number of hydrogen-bond donors (Lipinski definition) is 2. The van der Waals surface area contributed by atoms with Crippen LogP contribution in [0, 0.1) is 0 Å². The summed E-state index contributed by atoms with van der Waals surface area (Å²) in [5.41, 5.74) is -1.59. The molecule has 0 saturated carbocycles. The fraction of sp³-hybridized carbons (Fsp3) is 0.500. The molecule has 1 aromatic rings. The number of aromatic nitrogens is 1. The number of ether oxygens (including phenoxy) is 1. The Hall–Kier alpha value is -2.04. The van der Waals surface area contributed by atoms with Crippen molar-refractivity contribution in [2.45, 2.75) is 25.9 Å². The minimum absolute atomic E-state index is 0.0869. The maximum atomic E-state index is 12.7. The lowest BCUT2D eigenvalue weighted by Crippen LogP contribution is -2.19. The Morgan fingerprint density at radius 3 is 2.57 bits per heavy atom. The van der Waals surface area contributed by atoms with E-state index in [1.807, 2.05) is 11.6 Å². The lowest BCUT2D eigenvalue weighted by molar-refractivity contribution is -0.137. The first kappa shape index (κ1) is 19.0. The van der Waals surface area contributed by atoms with Crippen molar-refractivity contribution in [1.82, 2.24) is 4.98 Å². The Labute approximate surface area is 131 Å². The van der Waals surface area contributed by atoms with Gasteiger partial charge in [0.15, 0.2) is 5.82 Å². The number of unbranched alkanes of at least 4 members (excludes halogenated alkanes) is 1. The van der Waals surface area contributed by atoms with Crippen LogP contribution >= 0.6 is 0 Å². The Kier molecular flexibility index (Phi) is 6.19. The van der Waals surface area contributed by atoms with Gasteiger partial charge >= 0.3 is 12.3 Å². The normalized spacial score (nSPS) is 11.9. The average molecular weight is 355 g/mol. The summed E-state index contributed by atoms with van der Waals surface area (Å²) in [7, 11) is -3.79. The topological polar surface area (TPSA) is 97.4 Å². The van der Waals surface area contributed by atoms with Crippen molar-refractivity contribution < 1.29 is 31.1 Å². The molecule has 2 N–H and O–H groups in total. The molecule has 1 aromatic heterocycles. The SMILES string of the molecule is CCCCOC(=O)Nc1cc(C(F)(F)F)cnc1NS(C)(=O)=O. The number of nitrogens with one attached hydrogen (secondary N) is 2. The molecule has 0 aromatic carbocycles. The number of rotatable bonds is 6. The largest absolute Gasteiger partial charge is 0.449 e. The van der Waals surface area contributed by atoms with Gasteiger partial charge in [-0.2, -0.15) is 13.2 Å². The van der Waals surface area contributed by atoms with E-state index < -0.39 is 39.4 Å². The second-order valence-corrected chi connectivity index (χ2v) is 6.36. The third kappa shape index (κ3) is 6.72. The smallest absolute Gasteiger partial charge is 0.417 e. The number of carbonyl (C=O) groups excluding carboxylic acids is 1. The molecule has 7 nitrogen and oxygen atoms in total. The number of alkyl halides is 3. The molecule has 1 heterocycles. The maximum Gasteiger partial charge on any atom is 0.417 e. The highest BCUT2D eigenvalue weighted by Crippen LogP contribution is 2.32. The van der Waals surface area contributed by atoms with Gasteiger partial charge in [0, 0.05) is 6.20 Å². The zero-order valence-electron chi connectivity index (χ0n) is 12.4. The molecule has 0 bridgehead atoms. The zero-order chi connectivity index (χ0) is 17.7. The zero-order valence-corrected chi connectivity index (χ0v) is 13.2. The molecule has 23 heavy (non-hydrogen) atoms. The molecule has 1 amide bonds. The van der Waals surface area contributed by atoms with Crippen molar-refractivity contribution in [3.05, 3.63) is 17.8 Å². The molecule has 0 spiro atoms. The number of anilines is 2. The third-order valence-corrected chi connectivity index (χ3v) is 3.03. The van der Waals surface area contributed by atoms with E-state index in [2.05, 4.69) is 10.3 Å². The molecule has 0 fully saturated rings. The van der Waals surface area contributed by atoms with Gasteiger partial charge < -0.3 is 4.74 Å². The van der Waals surface area contributed by atoms with Crippen LogP contribution in [0.25, 0.3) is 0 Å². The Balaban J connectivity index is 3.05. The number of halogens is 3. The van der Waals surface area contributed by atoms with Crippen LogP contribution in [-0.2, 0) is 20.9 Å². The van der Waals surface area contributed by atoms with Crippen molar-refractivity contribution in [2.24, 2.45) is 0 Å². The molecule has 0 radical (unpaired) electrons. The molecule has 0 aliphatic carbocycles. The van der Waals surface area contributed by atoms with Crippen LogP contribution in [-0.4, -0.2) is 32.4 Å². The van der Waals surface area contributed by atoms with Crippen LogP contribution in [0.3, 0.4) is 0 Å². The standard InChI is InChI=1S/C12H16F3N3O4S/c1-3-4-5-22-11(19)17-9-6-8(12(13,14)15)7-16-10(9)18-23(2,20)21/h6-7H,3-5H2,1-2H3,(H,16,18)(H,17,19). The molecular weight excluding hydrogens is 339 g/mol. The molecule has 0 saturated heterocycles. The lowest BCUT2D eigenvalue weighted by Gasteiger charge is -2.14. The number of nitrogens with zero attached hydrogens (tertiary/aromatic N) is 1. The number of hydrogen-bond acceptors (Lipinski definition) is 5. The fourth-order valence-corrected chi connectivity index (χ4v) is 1.94. The lowest BCUT2D eigenvalue weighted by atomic mass is 10.2.